The lowest BCUT2D eigenvalue weighted by molar-refractivity contribution is 1.22. The van der Waals surface area contributed by atoms with Crippen LogP contribution in [-0.2, 0) is 5.88 Å². The monoisotopic (exact) mass is 229 g/mol. The average molecular weight is 230 g/mol. The number of nitrogens with one attached hydrogen (secondary N) is 1. The molecule has 0 radical (unpaired) electrons. The Morgan fingerprint density at radius 2 is 2.29 bits per heavy atom. The predicted octanol–water partition coefficient (Wildman–Crippen LogP) is 3.59. The van der Waals surface area contributed by atoms with Crippen LogP contribution < -0.4 is 5.32 Å². The van der Waals surface area contributed by atoms with Gasteiger partial charge in [0, 0.05) is 23.9 Å². The molecule has 0 saturated heterocycles. The molecule has 0 aliphatic heterocycles. The fourth-order valence-corrected chi connectivity index (χ4v) is 1.88. The lowest BCUT2D eigenvalue weighted by Gasteiger charge is -2.06. The van der Waals surface area contributed by atoms with Gasteiger partial charge in [0.25, 0.3) is 0 Å². The molecule has 0 unspecified atom stereocenters. The van der Waals surface area contributed by atoms with Gasteiger partial charge in [-0.25, -0.2) is 0 Å². The third kappa shape index (κ3) is 4.25. The number of hydrogen-bond donors (Lipinski definition) is 1. The molecule has 0 atom stereocenters. The number of halogens is 1. The van der Waals surface area contributed by atoms with Crippen molar-refractivity contribution in [2.45, 2.75) is 12.8 Å². The predicted molar refractivity (Wildman–Crippen MR) is 67.5 cm³/mol. The quantitative estimate of drug-likeness (QED) is 0.591. The molecule has 0 aromatic heterocycles. The molecule has 0 aliphatic rings. The average Bonchev–Trinajstić information content (AvgIpc) is 2.25. The molecule has 1 aromatic rings. The maximum absolute atomic E-state index is 5.75. The van der Waals surface area contributed by atoms with Gasteiger partial charge in [-0.05, 0) is 23.4 Å². The largest absolute Gasteiger partial charge is 0.384 e. The van der Waals surface area contributed by atoms with Gasteiger partial charge in [-0.2, -0.15) is 11.8 Å². The Hall–Kier alpha value is -0.340. The van der Waals surface area contributed by atoms with Crippen LogP contribution in [0.5, 0.6) is 0 Å². The molecule has 1 rings (SSSR count). The number of anilines is 1. The lowest BCUT2D eigenvalue weighted by atomic mass is 10.2. The Labute approximate surface area is 95.2 Å². The maximum atomic E-state index is 5.75. The fourth-order valence-electron chi connectivity index (χ4n) is 1.18. The zero-order valence-electron chi connectivity index (χ0n) is 8.42. The Morgan fingerprint density at radius 1 is 1.43 bits per heavy atom. The summed E-state index contributed by atoms with van der Waals surface area (Å²) in [6, 6.07) is 8.25. The molecular weight excluding hydrogens is 214 g/mol. The third-order valence-corrected chi connectivity index (χ3v) is 3.07. The van der Waals surface area contributed by atoms with E-state index in [0.29, 0.717) is 5.88 Å². The van der Waals surface area contributed by atoms with Crippen LogP contribution >= 0.6 is 23.4 Å². The van der Waals surface area contributed by atoms with Crippen molar-refractivity contribution in [2.75, 3.05) is 23.4 Å². The first-order valence-electron chi connectivity index (χ1n) is 4.83. The molecule has 1 nitrogen and oxygen atoms in total. The van der Waals surface area contributed by atoms with Crippen LogP contribution in [0.15, 0.2) is 24.3 Å². The number of benzene rings is 1. The van der Waals surface area contributed by atoms with E-state index >= 15 is 0 Å². The summed E-state index contributed by atoms with van der Waals surface area (Å²) in [4.78, 5) is 0. The number of rotatable bonds is 6. The van der Waals surface area contributed by atoms with Gasteiger partial charge in [-0.15, -0.1) is 11.6 Å². The van der Waals surface area contributed by atoms with E-state index in [1.54, 1.807) is 0 Å². The molecule has 0 spiro atoms. The molecule has 0 aliphatic carbocycles. The van der Waals surface area contributed by atoms with Gasteiger partial charge >= 0.3 is 0 Å². The number of alkyl halides is 1. The van der Waals surface area contributed by atoms with E-state index in [1.165, 1.54) is 17.0 Å². The van der Waals surface area contributed by atoms with Crippen LogP contribution in [0.2, 0.25) is 0 Å². The molecule has 0 saturated carbocycles. The summed E-state index contributed by atoms with van der Waals surface area (Å²) in [6.07, 6.45) is 0. The highest BCUT2D eigenvalue weighted by Gasteiger charge is 1.93. The highest BCUT2D eigenvalue weighted by molar-refractivity contribution is 7.99. The molecular formula is C11H16ClNS. The lowest BCUT2D eigenvalue weighted by Crippen LogP contribution is -2.04. The van der Waals surface area contributed by atoms with E-state index in [2.05, 4.69) is 24.4 Å². The first kappa shape index (κ1) is 11.7. The first-order valence-corrected chi connectivity index (χ1v) is 6.52. The number of thioether (sulfide) groups is 1. The third-order valence-electron chi connectivity index (χ3n) is 1.86. The van der Waals surface area contributed by atoms with Crippen LogP contribution in [-0.4, -0.2) is 18.1 Å². The highest BCUT2D eigenvalue weighted by Crippen LogP contribution is 2.12. The fraction of sp³-hybridized carbons (Fsp3) is 0.455. The summed E-state index contributed by atoms with van der Waals surface area (Å²) < 4.78 is 0. The van der Waals surface area contributed by atoms with E-state index < -0.39 is 0 Å². The minimum absolute atomic E-state index is 0.583. The zero-order valence-corrected chi connectivity index (χ0v) is 10.00. The van der Waals surface area contributed by atoms with Crippen molar-refractivity contribution in [3.05, 3.63) is 29.8 Å². The van der Waals surface area contributed by atoms with Gasteiger partial charge in [0.05, 0.1) is 0 Å². The number of hydrogen-bond acceptors (Lipinski definition) is 2. The van der Waals surface area contributed by atoms with Gasteiger partial charge in [0.2, 0.25) is 0 Å². The van der Waals surface area contributed by atoms with Crippen molar-refractivity contribution in [1.29, 1.82) is 0 Å². The Bertz CT molecular complexity index is 265. The van der Waals surface area contributed by atoms with Gasteiger partial charge in [0.15, 0.2) is 0 Å². The topological polar surface area (TPSA) is 12.0 Å². The minimum atomic E-state index is 0.583. The second-order valence-electron chi connectivity index (χ2n) is 2.96. The van der Waals surface area contributed by atoms with E-state index in [1.807, 2.05) is 23.9 Å². The van der Waals surface area contributed by atoms with Gasteiger partial charge in [-0.3, -0.25) is 0 Å². The van der Waals surface area contributed by atoms with Gasteiger partial charge in [0.1, 0.15) is 0 Å². The minimum Gasteiger partial charge on any atom is -0.384 e. The van der Waals surface area contributed by atoms with Crippen LogP contribution in [0.1, 0.15) is 12.5 Å². The Kier molecular flexibility index (Phi) is 5.88. The summed E-state index contributed by atoms with van der Waals surface area (Å²) in [6.45, 7) is 3.20. The molecule has 1 aromatic carbocycles. The van der Waals surface area contributed by atoms with Crippen molar-refractivity contribution < 1.29 is 0 Å². The van der Waals surface area contributed by atoms with Gasteiger partial charge < -0.3 is 5.32 Å². The van der Waals surface area contributed by atoms with Crippen LogP contribution in [0.25, 0.3) is 0 Å². The van der Waals surface area contributed by atoms with E-state index in [4.69, 9.17) is 11.6 Å². The Morgan fingerprint density at radius 3 is 3.00 bits per heavy atom. The maximum Gasteiger partial charge on any atom is 0.0474 e. The summed E-state index contributed by atoms with van der Waals surface area (Å²) in [5, 5.41) is 3.37. The Balaban J connectivity index is 2.34. The molecule has 0 heterocycles. The summed E-state index contributed by atoms with van der Waals surface area (Å²) >= 11 is 7.70. The standard InChI is InChI=1S/C11H16ClNS/c1-2-14-7-6-13-11-5-3-4-10(8-11)9-12/h3-5,8,13H,2,6-7,9H2,1H3. The van der Waals surface area contributed by atoms with Crippen LogP contribution in [0.3, 0.4) is 0 Å². The SMILES string of the molecule is CCSCCNc1cccc(CCl)c1. The van der Waals surface area contributed by atoms with Crippen LogP contribution in [0.4, 0.5) is 5.69 Å². The van der Waals surface area contributed by atoms with Crippen molar-refractivity contribution in [3.8, 4) is 0 Å². The van der Waals surface area contributed by atoms with E-state index in [9.17, 15) is 0 Å². The smallest absolute Gasteiger partial charge is 0.0474 e. The second kappa shape index (κ2) is 7.02. The van der Waals surface area contributed by atoms with Crippen molar-refractivity contribution in [2.24, 2.45) is 0 Å². The second-order valence-corrected chi connectivity index (χ2v) is 4.62. The normalized spacial score (nSPS) is 10.1. The molecule has 3 heteroatoms. The first-order chi connectivity index (χ1) is 6.86. The molecule has 0 fully saturated rings. The zero-order chi connectivity index (χ0) is 10.2. The molecule has 1 N–H and O–H groups in total. The molecule has 14 heavy (non-hydrogen) atoms. The van der Waals surface area contributed by atoms with E-state index in [0.717, 1.165) is 12.3 Å². The summed E-state index contributed by atoms with van der Waals surface area (Å²) in [7, 11) is 0. The van der Waals surface area contributed by atoms with Crippen molar-refractivity contribution in [3.63, 3.8) is 0 Å². The highest BCUT2D eigenvalue weighted by atomic mass is 35.5. The van der Waals surface area contributed by atoms with Crippen molar-refractivity contribution >= 4 is 29.1 Å². The van der Waals surface area contributed by atoms with Crippen molar-refractivity contribution in [1.82, 2.24) is 0 Å². The summed E-state index contributed by atoms with van der Waals surface area (Å²) in [5.74, 6) is 2.92. The van der Waals surface area contributed by atoms with Crippen LogP contribution in [0, 0.1) is 0 Å². The molecule has 0 amide bonds. The summed E-state index contributed by atoms with van der Waals surface area (Å²) in [5.41, 5.74) is 2.33. The van der Waals surface area contributed by atoms with Gasteiger partial charge in [-0.1, -0.05) is 19.1 Å². The molecule has 78 valence electrons. The molecule has 0 bridgehead atoms. The van der Waals surface area contributed by atoms with E-state index in [-0.39, 0.29) is 0 Å².